The zero-order valence-corrected chi connectivity index (χ0v) is 12.7. The number of rotatable bonds is 5. The van der Waals surface area contributed by atoms with E-state index < -0.39 is 15.6 Å². The minimum absolute atomic E-state index is 0.0312. The zero-order valence-electron chi connectivity index (χ0n) is 11.9. The van der Waals surface area contributed by atoms with Gasteiger partial charge in [0, 0.05) is 17.3 Å². The molecule has 1 heterocycles. The van der Waals surface area contributed by atoms with E-state index in [2.05, 4.69) is 20.2 Å². The summed E-state index contributed by atoms with van der Waals surface area (Å²) in [6.07, 6.45) is 0. The Morgan fingerprint density at radius 2 is 2.00 bits per heavy atom. The molecule has 0 aliphatic rings. The predicted molar refractivity (Wildman–Crippen MR) is 80.0 cm³/mol. The summed E-state index contributed by atoms with van der Waals surface area (Å²) in [7, 11) is -3.92. The molecule has 0 aliphatic carbocycles. The van der Waals surface area contributed by atoms with Gasteiger partial charge in [-0.2, -0.15) is 0 Å². The zero-order chi connectivity index (χ0) is 16.3. The number of anilines is 1. The van der Waals surface area contributed by atoms with Crippen molar-refractivity contribution in [2.45, 2.75) is 18.7 Å². The van der Waals surface area contributed by atoms with Crippen LogP contribution in [0.4, 0.5) is 5.95 Å². The van der Waals surface area contributed by atoms with Gasteiger partial charge in [-0.3, -0.25) is 20.0 Å². The summed E-state index contributed by atoms with van der Waals surface area (Å²) < 4.78 is 24.3. The Kier molecular flexibility index (Phi) is 4.38. The monoisotopic (exact) mass is 322 g/mol. The minimum Gasteiger partial charge on any atom is -0.295 e. The second-order valence-electron chi connectivity index (χ2n) is 4.55. The Hall–Kier alpha value is -2.52. The number of nitrogens with one attached hydrogen (secondary N) is 3. The molecule has 0 radical (unpaired) electrons. The molecule has 0 atom stereocenters. The largest absolute Gasteiger partial charge is 0.295 e. The molecule has 0 spiro atoms. The van der Waals surface area contributed by atoms with E-state index in [9.17, 15) is 18.0 Å². The first kappa shape index (κ1) is 15.9. The maximum atomic E-state index is 12.1. The number of carbonyl (C=O) groups excluding carboxylic acids is 1. The molecule has 1 aromatic carbocycles. The lowest BCUT2D eigenvalue weighted by Gasteiger charge is -2.09. The lowest BCUT2D eigenvalue weighted by molar-refractivity contribution is 0.101. The van der Waals surface area contributed by atoms with Crippen molar-refractivity contribution in [1.29, 1.82) is 0 Å². The molecular weight excluding hydrogens is 308 g/mol. The fraction of sp³-hybridized carbons (Fsp3) is 0.154. The molecule has 2 aromatic rings. The summed E-state index contributed by atoms with van der Waals surface area (Å²) >= 11 is 0. The van der Waals surface area contributed by atoms with Gasteiger partial charge in [-0.1, -0.05) is 12.1 Å². The van der Waals surface area contributed by atoms with Crippen molar-refractivity contribution in [3.05, 3.63) is 51.9 Å². The Morgan fingerprint density at radius 1 is 1.27 bits per heavy atom. The van der Waals surface area contributed by atoms with E-state index in [-0.39, 0.29) is 22.2 Å². The second kappa shape index (κ2) is 6.08. The molecule has 0 fully saturated rings. The summed E-state index contributed by atoms with van der Waals surface area (Å²) in [6, 6.07) is 6.88. The van der Waals surface area contributed by atoms with Crippen LogP contribution in [0.15, 0.2) is 40.0 Å². The Labute approximate surface area is 126 Å². The van der Waals surface area contributed by atoms with Crippen molar-refractivity contribution in [2.75, 3.05) is 5.43 Å². The summed E-state index contributed by atoms with van der Waals surface area (Å²) in [6.45, 7) is 2.95. The number of hydrazine groups is 1. The van der Waals surface area contributed by atoms with Crippen LogP contribution in [0, 0.1) is 6.92 Å². The molecular formula is C13H14N4O4S. The van der Waals surface area contributed by atoms with Crippen molar-refractivity contribution in [2.24, 2.45) is 0 Å². The van der Waals surface area contributed by atoms with Gasteiger partial charge in [0.2, 0.25) is 5.95 Å². The number of aromatic amines is 1. The summed E-state index contributed by atoms with van der Waals surface area (Å²) in [5, 5.41) is 0. The van der Waals surface area contributed by atoms with Gasteiger partial charge >= 0.3 is 0 Å². The van der Waals surface area contributed by atoms with Crippen molar-refractivity contribution in [3.8, 4) is 0 Å². The second-order valence-corrected chi connectivity index (χ2v) is 6.23. The smallest absolute Gasteiger partial charge is 0.257 e. The molecule has 0 saturated carbocycles. The van der Waals surface area contributed by atoms with Gasteiger partial charge in [-0.15, -0.1) is 4.83 Å². The average molecular weight is 322 g/mol. The van der Waals surface area contributed by atoms with Gasteiger partial charge in [-0.05, 0) is 26.0 Å². The van der Waals surface area contributed by atoms with Gasteiger partial charge in [-0.25, -0.2) is 13.4 Å². The number of hydrogen-bond acceptors (Lipinski definition) is 6. The van der Waals surface area contributed by atoms with Crippen molar-refractivity contribution >= 4 is 21.8 Å². The molecule has 2 rings (SSSR count). The first-order valence-corrected chi connectivity index (χ1v) is 7.73. The van der Waals surface area contributed by atoms with Crippen LogP contribution < -0.4 is 15.8 Å². The molecule has 0 aliphatic heterocycles. The Balaban J connectivity index is 2.22. The average Bonchev–Trinajstić information content (AvgIpc) is 2.44. The normalized spacial score (nSPS) is 11.2. The van der Waals surface area contributed by atoms with Gasteiger partial charge in [0.05, 0.1) is 4.90 Å². The van der Waals surface area contributed by atoms with Gasteiger partial charge in [0.25, 0.3) is 15.6 Å². The quantitative estimate of drug-likeness (QED) is 0.547. The van der Waals surface area contributed by atoms with Crippen LogP contribution in [0.3, 0.4) is 0 Å². The fourth-order valence-corrected chi connectivity index (χ4v) is 2.58. The highest BCUT2D eigenvalue weighted by atomic mass is 32.2. The first-order chi connectivity index (χ1) is 10.3. The maximum Gasteiger partial charge on any atom is 0.257 e. The number of ketones is 1. The molecule has 0 amide bonds. The Bertz CT molecular complexity index is 874. The van der Waals surface area contributed by atoms with Crippen molar-refractivity contribution < 1.29 is 13.2 Å². The molecule has 22 heavy (non-hydrogen) atoms. The number of carbonyl (C=O) groups is 1. The van der Waals surface area contributed by atoms with E-state index in [1.807, 2.05) is 0 Å². The van der Waals surface area contributed by atoms with Gasteiger partial charge < -0.3 is 0 Å². The number of aromatic nitrogens is 2. The van der Waals surface area contributed by atoms with Crippen molar-refractivity contribution in [1.82, 2.24) is 14.8 Å². The Morgan fingerprint density at radius 3 is 2.64 bits per heavy atom. The third-order valence-electron chi connectivity index (χ3n) is 2.72. The highest BCUT2D eigenvalue weighted by molar-refractivity contribution is 7.89. The van der Waals surface area contributed by atoms with E-state index in [0.717, 1.165) is 0 Å². The number of sulfonamides is 1. The summed E-state index contributed by atoms with van der Waals surface area (Å²) in [5.74, 6) is -0.272. The van der Waals surface area contributed by atoms with E-state index in [0.29, 0.717) is 5.69 Å². The van der Waals surface area contributed by atoms with Crippen LogP contribution in [0.25, 0.3) is 0 Å². The number of nitrogens with zero attached hydrogens (tertiary/aromatic N) is 1. The molecule has 0 saturated heterocycles. The first-order valence-electron chi connectivity index (χ1n) is 6.25. The lowest BCUT2D eigenvalue weighted by Crippen LogP contribution is -2.31. The standard InChI is InChI=1S/C13H14N4O4S/c1-8-6-12(19)15-13(14-8)16-17-22(20,21)11-5-3-4-10(7-11)9(2)18/h3-7,17H,1-2H3,(H2,14,15,16,19). The number of benzene rings is 1. The summed E-state index contributed by atoms with van der Waals surface area (Å²) in [5.41, 5.74) is 2.63. The number of Topliss-reactive ketones (excluding diaryl/α,β-unsaturated/α-hetero) is 1. The number of aryl methyl sites for hydroxylation is 1. The highest BCUT2D eigenvalue weighted by Gasteiger charge is 2.15. The number of H-pyrrole nitrogens is 1. The van der Waals surface area contributed by atoms with Gasteiger partial charge in [0.15, 0.2) is 5.78 Å². The lowest BCUT2D eigenvalue weighted by atomic mass is 10.2. The van der Waals surface area contributed by atoms with Gasteiger partial charge in [0.1, 0.15) is 0 Å². The van der Waals surface area contributed by atoms with E-state index in [4.69, 9.17) is 0 Å². The van der Waals surface area contributed by atoms with Crippen LogP contribution in [0.1, 0.15) is 23.0 Å². The van der Waals surface area contributed by atoms with E-state index in [1.54, 1.807) is 6.92 Å². The molecule has 0 unspecified atom stereocenters. The topological polar surface area (TPSA) is 121 Å². The molecule has 8 nitrogen and oxygen atoms in total. The van der Waals surface area contributed by atoms with Crippen LogP contribution in [-0.4, -0.2) is 24.2 Å². The molecule has 116 valence electrons. The fourth-order valence-electron chi connectivity index (χ4n) is 1.69. The van der Waals surface area contributed by atoms with E-state index in [1.165, 1.54) is 37.3 Å². The molecule has 1 aromatic heterocycles. The van der Waals surface area contributed by atoms with Crippen LogP contribution in [-0.2, 0) is 10.0 Å². The maximum absolute atomic E-state index is 12.1. The third-order valence-corrected chi connectivity index (χ3v) is 3.97. The minimum atomic E-state index is -3.92. The van der Waals surface area contributed by atoms with E-state index >= 15 is 0 Å². The summed E-state index contributed by atoms with van der Waals surface area (Å²) in [4.78, 5) is 30.9. The van der Waals surface area contributed by atoms with Crippen LogP contribution in [0.2, 0.25) is 0 Å². The van der Waals surface area contributed by atoms with Crippen LogP contribution >= 0.6 is 0 Å². The number of hydrogen-bond donors (Lipinski definition) is 3. The molecule has 3 N–H and O–H groups in total. The van der Waals surface area contributed by atoms with Crippen LogP contribution in [0.5, 0.6) is 0 Å². The highest BCUT2D eigenvalue weighted by Crippen LogP contribution is 2.12. The third kappa shape index (κ3) is 3.77. The SMILES string of the molecule is CC(=O)c1cccc(S(=O)(=O)NNc2nc(C)cc(=O)[nH]2)c1. The molecule has 9 heteroatoms. The molecule has 0 bridgehead atoms. The predicted octanol–water partition coefficient (Wildman–Crippen LogP) is 0.586. The van der Waals surface area contributed by atoms with Crippen molar-refractivity contribution in [3.63, 3.8) is 0 Å².